The van der Waals surface area contributed by atoms with Crippen molar-refractivity contribution < 1.29 is 4.42 Å². The molecule has 0 unspecified atom stereocenters. The van der Waals surface area contributed by atoms with Gasteiger partial charge >= 0.3 is 0 Å². The third-order valence-corrected chi connectivity index (χ3v) is 11.9. The van der Waals surface area contributed by atoms with Crippen molar-refractivity contribution in [3.63, 3.8) is 0 Å². The maximum Gasteiger partial charge on any atom is 0.141 e. The molecule has 24 heteroatoms. The highest BCUT2D eigenvalue weighted by atomic mass is 16.3. The van der Waals surface area contributed by atoms with Gasteiger partial charge in [-0.25, -0.2) is 0 Å². The molecule has 46 radical (unpaired) electrons. The zero-order valence-electron chi connectivity index (χ0n) is 32.8. The Bertz CT molecular complexity index is 3410. The van der Waals surface area contributed by atoms with E-state index in [1.165, 1.54) is 6.07 Å². The molecule has 0 saturated heterocycles. The monoisotopic (exact) mass is 726 g/mol. The van der Waals surface area contributed by atoms with E-state index < -0.39 is 0 Å². The highest BCUT2D eigenvalue weighted by Gasteiger charge is 2.30. The number of hydrogen-bond acceptors (Lipinski definition) is 1. The first kappa shape index (κ1) is 44.9. The fourth-order valence-corrected chi connectivity index (χ4v) is 8.45. The molecule has 0 aliphatic carbocycles. The highest BCUT2D eigenvalue weighted by Crippen LogP contribution is 2.40. The minimum atomic E-state index is -0.203. The van der Waals surface area contributed by atoms with Crippen LogP contribution in [-0.4, -0.2) is 180 Å². The summed E-state index contributed by atoms with van der Waals surface area (Å²) in [5.74, 6) is 0. The van der Waals surface area contributed by atoms with E-state index in [0.717, 1.165) is 0 Å². The lowest BCUT2D eigenvalue weighted by Crippen LogP contribution is -2.55. The quantitative estimate of drug-likeness (QED) is 0.131. The van der Waals surface area contributed by atoms with Gasteiger partial charge in [0.1, 0.15) is 192 Å². The summed E-state index contributed by atoms with van der Waals surface area (Å²) in [6, 6.07) is 1.49. The van der Waals surface area contributed by atoms with Crippen LogP contribution in [0.3, 0.4) is 0 Å². The van der Waals surface area contributed by atoms with Crippen molar-refractivity contribution in [1.82, 2.24) is 0 Å². The average Bonchev–Trinajstić information content (AvgIpc) is 3.64. The zero-order chi connectivity index (χ0) is 45.8. The van der Waals surface area contributed by atoms with Crippen molar-refractivity contribution in [2.75, 3.05) is 0 Å². The first-order chi connectivity index (χ1) is 28.9. The van der Waals surface area contributed by atoms with Crippen molar-refractivity contribution in [1.29, 1.82) is 0 Å². The van der Waals surface area contributed by atoms with Crippen molar-refractivity contribution in [3.05, 3.63) is 6.07 Å². The van der Waals surface area contributed by atoms with E-state index in [2.05, 4.69) is 0 Å². The maximum atomic E-state index is 7.29. The van der Waals surface area contributed by atoms with E-state index in [1.807, 2.05) is 0 Å². The molecule has 0 atom stereocenters. The maximum absolute atomic E-state index is 7.29. The molecule has 62 heavy (non-hydrogen) atoms. The Morgan fingerprint density at radius 1 is 0.210 bits per heavy atom. The topological polar surface area (TPSA) is 13.1 Å². The summed E-state index contributed by atoms with van der Waals surface area (Å²) in [6.07, 6.45) is 0. The van der Waals surface area contributed by atoms with Crippen molar-refractivity contribution in [2.24, 2.45) is 0 Å². The predicted octanol–water partition coefficient (Wildman–Crippen LogP) is -16.8. The van der Waals surface area contributed by atoms with E-state index in [0.29, 0.717) is 0 Å². The van der Waals surface area contributed by atoms with Crippen LogP contribution in [0.25, 0.3) is 76.9 Å². The fourth-order valence-electron chi connectivity index (χ4n) is 8.45. The van der Waals surface area contributed by atoms with E-state index >= 15 is 0 Å². The molecule has 1 heterocycles. The standard InChI is InChI=1S/C38HB23O/c39-3-1-2-4(9-20(45)31(56)34(59)32(57)21(9)46)7-8(19(44)30(55)29(54)18(7)43)6(5(2)17(42)15(3)40)10-16(41)11(23(48)27(52)22(10)47)12-24(49)28(53)25(50)13-14-26(51)33(58)35(60)36(61)38(14)62-37(12)13/h1H. The zero-order valence-corrected chi connectivity index (χ0v) is 32.8. The first-order valence-corrected chi connectivity index (χ1v) is 18.1. The molecule has 0 spiro atoms. The summed E-state index contributed by atoms with van der Waals surface area (Å²) >= 11 is 0. The molecule has 0 saturated carbocycles. The number of benzene rings is 7. The van der Waals surface area contributed by atoms with Gasteiger partial charge < -0.3 is 4.42 Å². The number of fused-ring (bicyclic) bond motifs is 5. The van der Waals surface area contributed by atoms with Gasteiger partial charge in [-0.15, -0.1) is 60.1 Å². The van der Waals surface area contributed by atoms with Gasteiger partial charge in [0, 0.05) is 16.3 Å². The fraction of sp³-hybridized carbons (Fsp3) is 0. The molecule has 0 amide bonds. The number of furan rings is 1. The van der Waals surface area contributed by atoms with E-state index in [1.54, 1.807) is 0 Å². The SMILES string of the molecule is [B]c1cc2c(-c3c([B])c([B])c([B])c([B])c3[B])c3c([B])c([B])c([B])c([B])c3c(-c3c([B])c([B])c([B])c(-c4c([B])c([B])c([B])c5c4oc4c([B])c([B])c([B])c([B])c45)c3[B])c2c([B])c1[B]. The van der Waals surface area contributed by atoms with Crippen LogP contribution in [0.15, 0.2) is 10.5 Å². The molecule has 0 fully saturated rings. The molecular weight excluding hydrogens is 721 g/mol. The molecule has 7 aromatic carbocycles. The summed E-state index contributed by atoms with van der Waals surface area (Å²) in [4.78, 5) is 0. The van der Waals surface area contributed by atoms with Gasteiger partial charge in [0.15, 0.2) is 0 Å². The lowest BCUT2D eigenvalue weighted by Gasteiger charge is -2.32. The Morgan fingerprint density at radius 2 is 0.516 bits per heavy atom. The van der Waals surface area contributed by atoms with Crippen LogP contribution < -0.4 is 126 Å². The molecule has 8 rings (SSSR count). The first-order valence-electron chi connectivity index (χ1n) is 18.1. The second-order valence-electron chi connectivity index (χ2n) is 15.0. The highest BCUT2D eigenvalue weighted by molar-refractivity contribution is 6.75. The summed E-state index contributed by atoms with van der Waals surface area (Å²) in [6.45, 7) is 0. The second kappa shape index (κ2) is 15.2. The van der Waals surface area contributed by atoms with Crippen LogP contribution in [0.5, 0.6) is 0 Å². The van der Waals surface area contributed by atoms with Crippen LogP contribution in [0.4, 0.5) is 0 Å². The van der Waals surface area contributed by atoms with Gasteiger partial charge in [-0.2, -0.15) is 0 Å². The van der Waals surface area contributed by atoms with Gasteiger partial charge in [0.2, 0.25) is 0 Å². The van der Waals surface area contributed by atoms with Crippen LogP contribution in [-0.2, 0) is 0 Å². The smallest absolute Gasteiger partial charge is 0.141 e. The number of rotatable bonds is 3. The molecule has 0 bridgehead atoms. The molecule has 1 nitrogen and oxygen atoms in total. The molecular formula is C38HB23O. The third kappa shape index (κ3) is 5.81. The Balaban J connectivity index is 1.69. The summed E-state index contributed by atoms with van der Waals surface area (Å²) < 4.78 is 6.39. The lowest BCUT2D eigenvalue weighted by atomic mass is 9.56. The van der Waals surface area contributed by atoms with E-state index in [9.17, 15) is 0 Å². The van der Waals surface area contributed by atoms with Gasteiger partial charge in [0.05, 0.1) is 0 Å². The van der Waals surface area contributed by atoms with Gasteiger partial charge in [-0.3, -0.25) is 0 Å². The third-order valence-electron chi connectivity index (χ3n) is 11.9. The molecule has 228 valence electrons. The van der Waals surface area contributed by atoms with Crippen molar-refractivity contribution in [3.8, 4) is 33.4 Å². The van der Waals surface area contributed by atoms with Crippen molar-refractivity contribution >= 4 is 350 Å². The molecule has 0 aliphatic heterocycles. The lowest BCUT2D eigenvalue weighted by molar-refractivity contribution is 0.673. The second-order valence-corrected chi connectivity index (χ2v) is 15.0. The van der Waals surface area contributed by atoms with Gasteiger partial charge in [-0.05, 0) is 49.4 Å². The van der Waals surface area contributed by atoms with Crippen LogP contribution in [0.1, 0.15) is 0 Å². The van der Waals surface area contributed by atoms with E-state index in [-0.39, 0.29) is 203 Å². The Hall–Kier alpha value is -3.65. The molecule has 0 N–H and O–H groups in total. The van der Waals surface area contributed by atoms with E-state index in [4.69, 9.17) is 185 Å². The normalized spacial score (nSPS) is 11.7. The minimum Gasteiger partial charge on any atom is -0.456 e. The van der Waals surface area contributed by atoms with Gasteiger partial charge in [0.25, 0.3) is 0 Å². The Labute approximate surface area is 391 Å². The average molecular weight is 722 g/mol. The predicted molar refractivity (Wildman–Crippen MR) is 289 cm³/mol. The Morgan fingerprint density at radius 3 is 1.02 bits per heavy atom. The minimum absolute atomic E-state index is 0.00614. The molecule has 0 aliphatic rings. The van der Waals surface area contributed by atoms with Crippen LogP contribution >= 0.6 is 0 Å². The van der Waals surface area contributed by atoms with Crippen molar-refractivity contribution in [2.45, 2.75) is 0 Å². The van der Waals surface area contributed by atoms with Crippen LogP contribution in [0, 0.1) is 0 Å². The molecule has 1 aromatic heterocycles. The molecule has 8 aromatic rings. The van der Waals surface area contributed by atoms with Crippen LogP contribution in [0.2, 0.25) is 0 Å². The summed E-state index contributed by atoms with van der Waals surface area (Å²) in [7, 11) is 153. The number of hydrogen-bond donors (Lipinski definition) is 0. The summed E-state index contributed by atoms with van der Waals surface area (Å²) in [5, 5.41) is 0.790. The summed E-state index contributed by atoms with van der Waals surface area (Å²) in [5.41, 5.74) is -2.16. The largest absolute Gasteiger partial charge is 0.456 e. The van der Waals surface area contributed by atoms with Gasteiger partial charge in [-0.1, -0.05) is 71.6 Å². The Kier molecular flexibility index (Phi) is 11.0.